The van der Waals surface area contributed by atoms with Gasteiger partial charge in [0, 0.05) is 18.4 Å². The summed E-state index contributed by atoms with van der Waals surface area (Å²) in [6.07, 6.45) is 4.00. The molecular weight excluding hydrogens is 284 g/mol. The lowest BCUT2D eigenvalue weighted by Gasteiger charge is -2.15. The molecule has 1 N–H and O–H groups in total. The van der Waals surface area contributed by atoms with Gasteiger partial charge >= 0.3 is 0 Å². The van der Waals surface area contributed by atoms with Crippen LogP contribution in [0.4, 0.5) is 0 Å². The fourth-order valence-electron chi connectivity index (χ4n) is 1.59. The van der Waals surface area contributed by atoms with E-state index in [1.807, 2.05) is 13.8 Å². The number of aromatic nitrogens is 4. The Morgan fingerprint density at radius 2 is 1.94 bits per heavy atom. The van der Waals surface area contributed by atoms with Crippen molar-refractivity contribution < 1.29 is 5.11 Å². The molecular formula is C11H13BrN4O. The minimum atomic E-state index is -0.879. The number of halogens is 1. The van der Waals surface area contributed by atoms with Crippen LogP contribution in [0.3, 0.4) is 0 Å². The van der Waals surface area contributed by atoms with Crippen molar-refractivity contribution in [3.63, 3.8) is 0 Å². The van der Waals surface area contributed by atoms with E-state index < -0.39 is 6.10 Å². The summed E-state index contributed by atoms with van der Waals surface area (Å²) in [5.41, 5.74) is 0.672. The maximum Gasteiger partial charge on any atom is 0.163 e. The zero-order valence-corrected chi connectivity index (χ0v) is 11.2. The minimum Gasteiger partial charge on any atom is -0.379 e. The van der Waals surface area contributed by atoms with Crippen molar-refractivity contribution in [3.05, 3.63) is 40.6 Å². The van der Waals surface area contributed by atoms with E-state index in [0.717, 1.165) is 4.47 Å². The highest BCUT2D eigenvalue weighted by Crippen LogP contribution is 2.28. The van der Waals surface area contributed by atoms with E-state index in [-0.39, 0.29) is 6.04 Å². The lowest BCUT2D eigenvalue weighted by Crippen LogP contribution is -2.14. The molecule has 17 heavy (non-hydrogen) atoms. The standard InChI is InChI=1S/C11H13BrN4O/c1-7(2)16-9(8(12)6-15-16)10(17)11-13-4-3-5-14-11/h3-7,10,17H,1-2H3. The third-order valence-corrected chi connectivity index (χ3v) is 2.98. The summed E-state index contributed by atoms with van der Waals surface area (Å²) >= 11 is 3.38. The molecule has 1 atom stereocenters. The molecule has 0 aromatic carbocycles. The molecule has 5 nitrogen and oxygen atoms in total. The highest BCUT2D eigenvalue weighted by molar-refractivity contribution is 9.10. The van der Waals surface area contributed by atoms with E-state index in [2.05, 4.69) is 31.0 Å². The van der Waals surface area contributed by atoms with E-state index in [4.69, 9.17) is 0 Å². The first kappa shape index (κ1) is 12.2. The van der Waals surface area contributed by atoms with E-state index >= 15 is 0 Å². The number of nitrogens with zero attached hydrogens (tertiary/aromatic N) is 4. The van der Waals surface area contributed by atoms with Crippen LogP contribution in [0.5, 0.6) is 0 Å². The van der Waals surface area contributed by atoms with Crippen molar-refractivity contribution in [2.75, 3.05) is 0 Å². The normalized spacial score (nSPS) is 13.0. The Kier molecular flexibility index (Phi) is 3.54. The van der Waals surface area contributed by atoms with Crippen LogP contribution in [0.1, 0.15) is 37.5 Å². The zero-order chi connectivity index (χ0) is 12.4. The smallest absolute Gasteiger partial charge is 0.163 e. The fourth-order valence-corrected chi connectivity index (χ4v) is 2.08. The summed E-state index contributed by atoms with van der Waals surface area (Å²) in [4.78, 5) is 8.11. The molecule has 6 heteroatoms. The van der Waals surface area contributed by atoms with Gasteiger partial charge in [0.25, 0.3) is 0 Å². The summed E-state index contributed by atoms with van der Waals surface area (Å²) in [5.74, 6) is 0.371. The highest BCUT2D eigenvalue weighted by atomic mass is 79.9. The Morgan fingerprint density at radius 1 is 1.29 bits per heavy atom. The second-order valence-electron chi connectivity index (χ2n) is 3.93. The van der Waals surface area contributed by atoms with Gasteiger partial charge in [-0.05, 0) is 35.8 Å². The Labute approximate surface area is 108 Å². The third kappa shape index (κ3) is 2.37. The van der Waals surface area contributed by atoms with Gasteiger partial charge in [-0.15, -0.1) is 0 Å². The molecule has 2 rings (SSSR count). The molecule has 0 spiro atoms. The minimum absolute atomic E-state index is 0.162. The van der Waals surface area contributed by atoms with Crippen LogP contribution in [-0.4, -0.2) is 24.9 Å². The van der Waals surface area contributed by atoms with Crippen LogP contribution in [-0.2, 0) is 0 Å². The van der Waals surface area contributed by atoms with Crippen molar-refractivity contribution in [1.82, 2.24) is 19.7 Å². The monoisotopic (exact) mass is 296 g/mol. The van der Waals surface area contributed by atoms with Crippen LogP contribution >= 0.6 is 15.9 Å². The van der Waals surface area contributed by atoms with Gasteiger partial charge in [0.15, 0.2) is 11.9 Å². The van der Waals surface area contributed by atoms with Crippen molar-refractivity contribution in [1.29, 1.82) is 0 Å². The van der Waals surface area contributed by atoms with E-state index in [1.54, 1.807) is 29.3 Å². The number of rotatable bonds is 3. The summed E-state index contributed by atoms with van der Waals surface area (Å²) in [5, 5.41) is 14.5. The maximum atomic E-state index is 10.3. The molecule has 2 aromatic rings. The number of aliphatic hydroxyl groups is 1. The maximum absolute atomic E-state index is 10.3. The van der Waals surface area contributed by atoms with Gasteiger partial charge in [-0.2, -0.15) is 5.10 Å². The van der Waals surface area contributed by atoms with Gasteiger partial charge in [-0.1, -0.05) is 0 Å². The summed E-state index contributed by atoms with van der Waals surface area (Å²) in [6.45, 7) is 4.00. The molecule has 0 saturated heterocycles. The van der Waals surface area contributed by atoms with Crippen LogP contribution in [0.25, 0.3) is 0 Å². The second-order valence-corrected chi connectivity index (χ2v) is 4.78. The molecule has 90 valence electrons. The van der Waals surface area contributed by atoms with Gasteiger partial charge in [-0.3, -0.25) is 4.68 Å². The van der Waals surface area contributed by atoms with Gasteiger partial charge < -0.3 is 5.11 Å². The van der Waals surface area contributed by atoms with Gasteiger partial charge in [0.05, 0.1) is 16.4 Å². The van der Waals surface area contributed by atoms with Crippen LogP contribution in [0.2, 0.25) is 0 Å². The highest BCUT2D eigenvalue weighted by Gasteiger charge is 2.22. The zero-order valence-electron chi connectivity index (χ0n) is 9.58. The molecule has 0 aliphatic heterocycles. The summed E-state index contributed by atoms with van der Waals surface area (Å²) < 4.78 is 2.51. The molecule has 2 heterocycles. The molecule has 0 amide bonds. The molecule has 0 saturated carbocycles. The van der Waals surface area contributed by atoms with E-state index in [0.29, 0.717) is 11.5 Å². The van der Waals surface area contributed by atoms with Gasteiger partial charge in [0.2, 0.25) is 0 Å². The topological polar surface area (TPSA) is 63.8 Å². The first-order valence-corrected chi connectivity index (χ1v) is 6.08. The van der Waals surface area contributed by atoms with E-state index in [1.165, 1.54) is 0 Å². The van der Waals surface area contributed by atoms with Gasteiger partial charge in [0.1, 0.15) is 0 Å². The average molecular weight is 297 g/mol. The molecule has 1 unspecified atom stereocenters. The Balaban J connectivity index is 2.43. The molecule has 0 aliphatic rings. The third-order valence-electron chi connectivity index (χ3n) is 2.37. The first-order valence-electron chi connectivity index (χ1n) is 5.29. The second kappa shape index (κ2) is 4.93. The predicted molar refractivity (Wildman–Crippen MR) is 66.4 cm³/mol. The molecule has 2 aromatic heterocycles. The summed E-state index contributed by atoms with van der Waals surface area (Å²) in [7, 11) is 0. The largest absolute Gasteiger partial charge is 0.379 e. The number of hydrogen-bond acceptors (Lipinski definition) is 4. The van der Waals surface area contributed by atoms with Crippen LogP contribution in [0, 0.1) is 0 Å². The Bertz CT molecular complexity index is 497. The fraction of sp³-hybridized carbons (Fsp3) is 0.364. The first-order chi connectivity index (χ1) is 8.11. The summed E-state index contributed by atoms with van der Waals surface area (Å²) in [6, 6.07) is 1.88. The van der Waals surface area contributed by atoms with Crippen molar-refractivity contribution >= 4 is 15.9 Å². The Hall–Kier alpha value is -1.27. The molecule has 0 fully saturated rings. The molecule has 0 radical (unpaired) electrons. The number of hydrogen-bond donors (Lipinski definition) is 1. The predicted octanol–water partition coefficient (Wildman–Crippen LogP) is 2.10. The van der Waals surface area contributed by atoms with Crippen LogP contribution in [0.15, 0.2) is 29.1 Å². The van der Waals surface area contributed by atoms with Gasteiger partial charge in [-0.25, -0.2) is 9.97 Å². The molecule has 0 bridgehead atoms. The van der Waals surface area contributed by atoms with Crippen molar-refractivity contribution in [3.8, 4) is 0 Å². The Morgan fingerprint density at radius 3 is 2.53 bits per heavy atom. The number of aliphatic hydroxyl groups excluding tert-OH is 1. The molecule has 0 aliphatic carbocycles. The van der Waals surface area contributed by atoms with Crippen molar-refractivity contribution in [2.45, 2.75) is 26.0 Å². The quantitative estimate of drug-likeness (QED) is 0.942. The lowest BCUT2D eigenvalue weighted by atomic mass is 10.2. The van der Waals surface area contributed by atoms with E-state index in [9.17, 15) is 5.11 Å². The lowest BCUT2D eigenvalue weighted by molar-refractivity contribution is 0.194. The SMILES string of the molecule is CC(C)n1ncc(Br)c1C(O)c1ncccn1. The van der Waals surface area contributed by atoms with Crippen LogP contribution < -0.4 is 0 Å². The van der Waals surface area contributed by atoms with Crippen molar-refractivity contribution in [2.24, 2.45) is 0 Å². The average Bonchev–Trinajstić information content (AvgIpc) is 2.71.